The summed E-state index contributed by atoms with van der Waals surface area (Å²) in [4.78, 5) is 26.5. The van der Waals surface area contributed by atoms with Crippen molar-refractivity contribution in [2.75, 3.05) is 5.32 Å². The van der Waals surface area contributed by atoms with E-state index in [0.29, 0.717) is 10.9 Å². The van der Waals surface area contributed by atoms with Crippen LogP contribution in [0.3, 0.4) is 0 Å². The van der Waals surface area contributed by atoms with E-state index in [2.05, 4.69) is 10.3 Å². The Kier molecular flexibility index (Phi) is 3.42. The molecule has 3 aromatic rings. The Bertz CT molecular complexity index is 935. The van der Waals surface area contributed by atoms with Crippen molar-refractivity contribution in [1.82, 2.24) is 4.98 Å². The highest BCUT2D eigenvalue weighted by Crippen LogP contribution is 2.19. The molecule has 3 rings (SSSR count). The lowest BCUT2D eigenvalue weighted by molar-refractivity contribution is 0.102. The molecule has 0 fully saturated rings. The fraction of sp³-hybridized carbons (Fsp3) is 0. The van der Waals surface area contributed by atoms with Crippen molar-refractivity contribution in [2.24, 2.45) is 0 Å². The number of hydrogen-bond donors (Lipinski definition) is 2. The van der Waals surface area contributed by atoms with Gasteiger partial charge in [-0.05, 0) is 18.2 Å². The summed E-state index contributed by atoms with van der Waals surface area (Å²) in [7, 11) is 0. The lowest BCUT2D eigenvalue weighted by Crippen LogP contribution is -2.17. The zero-order valence-electron chi connectivity index (χ0n) is 11.2. The number of fused-ring (bicyclic) bond motifs is 1. The van der Waals surface area contributed by atoms with E-state index in [0.717, 1.165) is 24.3 Å². The normalized spacial score (nSPS) is 10.6. The Hall–Kier alpha value is -3.02. The van der Waals surface area contributed by atoms with Crippen molar-refractivity contribution in [2.45, 2.75) is 0 Å². The SMILES string of the molecule is O=C(Nc1cc(F)ccc1F)c1cc(=O)[nH]c2ccccc12. The van der Waals surface area contributed by atoms with Crippen LogP contribution in [-0.4, -0.2) is 10.9 Å². The minimum Gasteiger partial charge on any atom is -0.322 e. The highest BCUT2D eigenvalue weighted by molar-refractivity contribution is 6.12. The number of hydrogen-bond acceptors (Lipinski definition) is 2. The Morgan fingerprint density at radius 3 is 2.64 bits per heavy atom. The molecule has 22 heavy (non-hydrogen) atoms. The molecule has 0 aliphatic carbocycles. The van der Waals surface area contributed by atoms with Gasteiger partial charge in [-0.1, -0.05) is 18.2 Å². The van der Waals surface area contributed by atoms with Gasteiger partial charge in [0, 0.05) is 23.0 Å². The first kappa shape index (κ1) is 13.9. The molecule has 0 spiro atoms. The molecule has 1 heterocycles. The molecule has 4 nitrogen and oxygen atoms in total. The molecule has 1 aromatic heterocycles. The summed E-state index contributed by atoms with van der Waals surface area (Å²) in [6.07, 6.45) is 0. The first-order valence-corrected chi connectivity index (χ1v) is 6.43. The number of benzene rings is 2. The third-order valence-electron chi connectivity index (χ3n) is 3.17. The predicted octanol–water partition coefficient (Wildman–Crippen LogP) is 3.06. The minimum atomic E-state index is -0.760. The van der Waals surface area contributed by atoms with Gasteiger partial charge in [-0.25, -0.2) is 8.78 Å². The van der Waals surface area contributed by atoms with Gasteiger partial charge in [-0.3, -0.25) is 9.59 Å². The van der Waals surface area contributed by atoms with Crippen LogP contribution in [-0.2, 0) is 0 Å². The average molecular weight is 300 g/mol. The number of carbonyl (C=O) groups excluding carboxylic acids is 1. The molecular formula is C16H10F2N2O2. The monoisotopic (exact) mass is 300 g/mol. The van der Waals surface area contributed by atoms with E-state index in [1.54, 1.807) is 24.3 Å². The molecule has 0 bridgehead atoms. The Balaban J connectivity index is 2.06. The lowest BCUT2D eigenvalue weighted by atomic mass is 10.1. The number of halogens is 2. The molecule has 0 aliphatic heterocycles. The van der Waals surface area contributed by atoms with Gasteiger partial charge in [-0.15, -0.1) is 0 Å². The van der Waals surface area contributed by atoms with E-state index in [1.807, 2.05) is 0 Å². The summed E-state index contributed by atoms with van der Waals surface area (Å²) in [6.45, 7) is 0. The van der Waals surface area contributed by atoms with Crippen LogP contribution in [0.25, 0.3) is 10.9 Å². The van der Waals surface area contributed by atoms with Crippen molar-refractivity contribution in [1.29, 1.82) is 0 Å². The molecule has 0 aliphatic rings. The lowest BCUT2D eigenvalue weighted by Gasteiger charge is -2.08. The summed E-state index contributed by atoms with van der Waals surface area (Å²) in [5.41, 5.74) is -0.166. The summed E-state index contributed by atoms with van der Waals surface area (Å²) in [5, 5.41) is 2.79. The summed E-state index contributed by atoms with van der Waals surface area (Å²) in [5.74, 6) is -2.12. The second-order valence-electron chi connectivity index (χ2n) is 4.67. The first-order valence-electron chi connectivity index (χ1n) is 6.43. The van der Waals surface area contributed by atoms with E-state index in [4.69, 9.17) is 0 Å². The number of anilines is 1. The number of H-pyrrole nitrogens is 1. The molecule has 2 aromatic carbocycles. The van der Waals surface area contributed by atoms with Gasteiger partial charge in [0.2, 0.25) is 5.56 Å². The van der Waals surface area contributed by atoms with Crippen molar-refractivity contribution in [3.8, 4) is 0 Å². The van der Waals surface area contributed by atoms with Crippen LogP contribution in [0, 0.1) is 11.6 Å². The molecular weight excluding hydrogens is 290 g/mol. The molecule has 0 atom stereocenters. The fourth-order valence-corrected chi connectivity index (χ4v) is 2.18. The molecule has 1 amide bonds. The molecule has 0 saturated heterocycles. The van der Waals surface area contributed by atoms with E-state index in [-0.39, 0.29) is 11.3 Å². The molecule has 6 heteroatoms. The van der Waals surface area contributed by atoms with Crippen LogP contribution < -0.4 is 10.9 Å². The van der Waals surface area contributed by atoms with Crippen molar-refractivity contribution >= 4 is 22.5 Å². The maximum Gasteiger partial charge on any atom is 0.256 e. The van der Waals surface area contributed by atoms with E-state index < -0.39 is 23.1 Å². The third kappa shape index (κ3) is 2.58. The minimum absolute atomic E-state index is 0.0861. The Morgan fingerprint density at radius 1 is 1.05 bits per heavy atom. The standard InChI is InChI=1S/C16H10F2N2O2/c17-9-5-6-12(18)14(7-9)20-16(22)11-8-15(21)19-13-4-2-1-3-10(11)13/h1-8H,(H,19,21)(H,20,22). The topological polar surface area (TPSA) is 62.0 Å². The largest absolute Gasteiger partial charge is 0.322 e. The fourth-order valence-electron chi connectivity index (χ4n) is 2.18. The molecule has 0 saturated carbocycles. The summed E-state index contributed by atoms with van der Waals surface area (Å²) < 4.78 is 26.7. The van der Waals surface area contributed by atoms with Gasteiger partial charge in [0.1, 0.15) is 11.6 Å². The van der Waals surface area contributed by atoms with Crippen molar-refractivity contribution in [3.05, 3.63) is 76.1 Å². The van der Waals surface area contributed by atoms with Crippen LogP contribution >= 0.6 is 0 Å². The maximum absolute atomic E-state index is 13.6. The third-order valence-corrected chi connectivity index (χ3v) is 3.17. The summed E-state index contributed by atoms with van der Waals surface area (Å²) >= 11 is 0. The number of rotatable bonds is 2. The Morgan fingerprint density at radius 2 is 1.82 bits per heavy atom. The van der Waals surface area contributed by atoms with Gasteiger partial charge in [-0.2, -0.15) is 0 Å². The number of pyridine rings is 1. The van der Waals surface area contributed by atoms with Crippen molar-refractivity contribution < 1.29 is 13.6 Å². The van der Waals surface area contributed by atoms with Crippen molar-refractivity contribution in [3.63, 3.8) is 0 Å². The number of amides is 1. The average Bonchev–Trinajstić information content (AvgIpc) is 2.50. The quantitative estimate of drug-likeness (QED) is 0.764. The number of para-hydroxylation sites is 1. The van der Waals surface area contributed by atoms with E-state index >= 15 is 0 Å². The van der Waals surface area contributed by atoms with Gasteiger partial charge in [0.15, 0.2) is 0 Å². The van der Waals surface area contributed by atoms with Gasteiger partial charge < -0.3 is 10.3 Å². The molecule has 2 N–H and O–H groups in total. The first-order chi connectivity index (χ1) is 10.5. The predicted molar refractivity (Wildman–Crippen MR) is 78.9 cm³/mol. The molecule has 110 valence electrons. The summed E-state index contributed by atoms with van der Waals surface area (Å²) in [6, 6.07) is 10.6. The number of aromatic nitrogens is 1. The number of nitrogens with one attached hydrogen (secondary N) is 2. The zero-order chi connectivity index (χ0) is 15.7. The van der Waals surface area contributed by atoms with Crippen LogP contribution in [0.1, 0.15) is 10.4 Å². The smallest absolute Gasteiger partial charge is 0.256 e. The number of aromatic amines is 1. The molecule has 0 unspecified atom stereocenters. The van der Waals surface area contributed by atoms with Gasteiger partial charge in [0.25, 0.3) is 5.91 Å². The van der Waals surface area contributed by atoms with E-state index in [1.165, 1.54) is 0 Å². The highest BCUT2D eigenvalue weighted by Gasteiger charge is 2.14. The van der Waals surface area contributed by atoms with Gasteiger partial charge >= 0.3 is 0 Å². The second-order valence-corrected chi connectivity index (χ2v) is 4.67. The Labute approximate surface area is 123 Å². The highest BCUT2D eigenvalue weighted by atomic mass is 19.1. The zero-order valence-corrected chi connectivity index (χ0v) is 11.2. The van der Waals surface area contributed by atoms with Crippen LogP contribution in [0.5, 0.6) is 0 Å². The number of carbonyl (C=O) groups is 1. The van der Waals surface area contributed by atoms with Crippen LogP contribution in [0.15, 0.2) is 53.3 Å². The molecule has 0 radical (unpaired) electrons. The second kappa shape index (κ2) is 5.40. The maximum atomic E-state index is 13.6. The van der Waals surface area contributed by atoms with Crippen LogP contribution in [0.4, 0.5) is 14.5 Å². The van der Waals surface area contributed by atoms with E-state index in [9.17, 15) is 18.4 Å². The van der Waals surface area contributed by atoms with Crippen LogP contribution in [0.2, 0.25) is 0 Å². The van der Waals surface area contributed by atoms with Gasteiger partial charge in [0.05, 0.1) is 11.3 Å².